The van der Waals surface area contributed by atoms with Crippen molar-refractivity contribution in [3.8, 4) is 0 Å². The molecule has 0 aromatic heterocycles. The van der Waals surface area contributed by atoms with Gasteiger partial charge in [0.1, 0.15) is 0 Å². The smallest absolute Gasteiger partial charge is 0.465 e. The fraction of sp³-hybridized carbons (Fsp3) is 0.250. The molecule has 3 rings (SSSR count). The van der Waals surface area contributed by atoms with Crippen LogP contribution < -0.4 is 27.0 Å². The molecule has 208 valence electrons. The quantitative estimate of drug-likeness (QED) is 0.235. The predicted octanol–water partition coefficient (Wildman–Crippen LogP) is 3.42. The van der Waals surface area contributed by atoms with E-state index >= 15 is 0 Å². The van der Waals surface area contributed by atoms with Crippen LogP contribution in [-0.4, -0.2) is 51.3 Å². The number of unbranched alkanes of at least 4 members (excludes halogenated alkanes) is 1. The molecule has 0 spiro atoms. The second kappa shape index (κ2) is 15.6. The van der Waals surface area contributed by atoms with Gasteiger partial charge in [0.25, 0.3) is 5.91 Å². The number of nitrogens with one attached hydrogen (secondary N) is 1. The van der Waals surface area contributed by atoms with Crippen LogP contribution in [0.1, 0.15) is 33.6 Å². The summed E-state index contributed by atoms with van der Waals surface area (Å²) in [4.78, 5) is 34.8. The van der Waals surface area contributed by atoms with E-state index in [-0.39, 0.29) is 5.91 Å². The third kappa shape index (κ3) is 9.50. The number of ether oxygens (including phenoxy) is 2. The molecule has 3 aromatic rings. The highest BCUT2D eigenvalue weighted by atomic mass is 31.1. The summed E-state index contributed by atoms with van der Waals surface area (Å²) in [5.74, 6) is -2.74. The summed E-state index contributed by atoms with van der Waals surface area (Å²) in [6.45, 7) is 1.17. The Morgan fingerprint density at radius 3 is 1.85 bits per heavy atom. The van der Waals surface area contributed by atoms with E-state index < -0.39 is 26.0 Å². The van der Waals surface area contributed by atoms with Crippen molar-refractivity contribution < 1.29 is 37.0 Å². The minimum atomic E-state index is -4.85. The van der Waals surface area contributed by atoms with Crippen LogP contribution in [0.15, 0.2) is 78.9 Å². The number of carbonyl (C=O) groups is 3. The van der Waals surface area contributed by atoms with Gasteiger partial charge in [-0.3, -0.25) is 4.79 Å². The van der Waals surface area contributed by atoms with Crippen molar-refractivity contribution in [3.63, 3.8) is 0 Å². The lowest BCUT2D eigenvalue weighted by Gasteiger charge is -2.22. The van der Waals surface area contributed by atoms with Crippen LogP contribution in [0.5, 0.6) is 0 Å². The van der Waals surface area contributed by atoms with Crippen LogP contribution in [-0.2, 0) is 14.3 Å². The monoisotopic (exact) mass is 562 g/mol. The summed E-state index contributed by atoms with van der Waals surface area (Å²) >= 11 is 0. The lowest BCUT2D eigenvalue weighted by molar-refractivity contribution is -0.196. The molecule has 1 amide bonds. The molecule has 0 aliphatic carbocycles. The first-order valence-corrected chi connectivity index (χ1v) is 13.2. The predicted molar refractivity (Wildman–Crippen MR) is 145 cm³/mol. The number of alkyl halides is 3. The van der Waals surface area contributed by atoms with Crippen LogP contribution >= 0.6 is 7.92 Å². The molecule has 0 aliphatic rings. The number of rotatable bonds is 9. The van der Waals surface area contributed by atoms with Gasteiger partial charge in [0.15, 0.2) is 0 Å². The Morgan fingerprint density at radius 1 is 0.846 bits per heavy atom. The van der Waals surface area contributed by atoms with E-state index in [1.165, 1.54) is 7.11 Å². The summed E-state index contributed by atoms with van der Waals surface area (Å²) in [6, 6.07) is 25.3. The summed E-state index contributed by atoms with van der Waals surface area (Å²) < 4.78 is 41.3. The Morgan fingerprint density at radius 2 is 1.41 bits per heavy atom. The van der Waals surface area contributed by atoms with Crippen LogP contribution in [0.2, 0.25) is 0 Å². The van der Waals surface area contributed by atoms with Gasteiger partial charge in [-0.05, 0) is 56.1 Å². The first-order valence-electron chi connectivity index (χ1n) is 11.9. The maximum absolute atomic E-state index is 12.8. The van der Waals surface area contributed by atoms with Crippen molar-refractivity contribution in [1.29, 1.82) is 0 Å². The third-order valence-electron chi connectivity index (χ3n) is 5.27. The van der Waals surface area contributed by atoms with E-state index in [0.29, 0.717) is 31.3 Å². The molecule has 0 bridgehead atoms. The number of carbonyl (C=O) groups excluding carboxylic acids is 3. The molecule has 7 nitrogen and oxygen atoms in total. The largest absolute Gasteiger partial charge is 0.490 e. The van der Waals surface area contributed by atoms with Gasteiger partial charge >= 0.3 is 18.1 Å². The molecule has 0 fully saturated rings. The van der Waals surface area contributed by atoms with Gasteiger partial charge in [0.2, 0.25) is 0 Å². The van der Waals surface area contributed by atoms with E-state index in [9.17, 15) is 27.6 Å². The Kier molecular flexibility index (Phi) is 12.6. The Bertz CT molecular complexity index is 1190. The number of nitrogens with two attached hydrogens (primary N) is 1. The summed E-state index contributed by atoms with van der Waals surface area (Å²) in [5, 5.41) is 5.92. The maximum atomic E-state index is 12.8. The number of hydrogen-bond acceptors (Lipinski definition) is 6. The first-order chi connectivity index (χ1) is 18.6. The van der Waals surface area contributed by atoms with Crippen LogP contribution in [0, 0.1) is 0 Å². The number of hydrogen-bond donors (Lipinski definition) is 2. The Balaban J connectivity index is 0.000000580. The van der Waals surface area contributed by atoms with Gasteiger partial charge in [0, 0.05) is 17.4 Å². The van der Waals surface area contributed by atoms with Crippen molar-refractivity contribution in [2.45, 2.75) is 19.0 Å². The average molecular weight is 563 g/mol. The molecule has 3 N–H and O–H groups in total. The molecule has 0 atom stereocenters. The molecular formula is C28H30F3N2O5P. The number of benzene rings is 3. The lowest BCUT2D eigenvalue weighted by Crippen LogP contribution is -2.29. The van der Waals surface area contributed by atoms with Crippen molar-refractivity contribution >= 4 is 41.7 Å². The molecule has 0 saturated heterocycles. The molecule has 0 saturated carbocycles. The van der Waals surface area contributed by atoms with Crippen molar-refractivity contribution in [3.05, 3.63) is 90.0 Å². The topological polar surface area (TPSA) is 108 Å². The van der Waals surface area contributed by atoms with E-state index in [0.717, 1.165) is 28.8 Å². The molecular weight excluding hydrogens is 532 g/mol. The summed E-state index contributed by atoms with van der Waals surface area (Å²) in [7, 11) is 0.987. The van der Waals surface area contributed by atoms with Gasteiger partial charge in [-0.15, -0.1) is 0 Å². The Labute approximate surface area is 226 Å². The average Bonchev–Trinajstić information content (AvgIpc) is 2.95. The molecule has 0 unspecified atom stereocenters. The van der Waals surface area contributed by atoms with E-state index in [1.54, 1.807) is 12.1 Å². The first kappa shape index (κ1) is 31.5. The third-order valence-corrected chi connectivity index (χ3v) is 7.75. The number of amides is 1. The van der Waals surface area contributed by atoms with E-state index in [1.807, 2.05) is 42.5 Å². The van der Waals surface area contributed by atoms with Crippen molar-refractivity contribution in [2.24, 2.45) is 5.73 Å². The van der Waals surface area contributed by atoms with E-state index in [4.69, 9.17) is 10.5 Å². The number of halogens is 3. The highest BCUT2D eigenvalue weighted by Crippen LogP contribution is 2.34. The van der Waals surface area contributed by atoms with Gasteiger partial charge < -0.3 is 20.5 Å². The van der Waals surface area contributed by atoms with Crippen LogP contribution in [0.4, 0.5) is 13.2 Å². The van der Waals surface area contributed by atoms with Gasteiger partial charge in [-0.25, -0.2) is 9.59 Å². The second-order valence-corrected chi connectivity index (χ2v) is 10.2. The molecule has 39 heavy (non-hydrogen) atoms. The van der Waals surface area contributed by atoms with E-state index in [2.05, 4.69) is 34.3 Å². The second-order valence-electron chi connectivity index (χ2n) is 7.97. The van der Waals surface area contributed by atoms with Crippen LogP contribution in [0.25, 0.3) is 0 Å². The molecule has 3 aromatic carbocycles. The fourth-order valence-corrected chi connectivity index (χ4v) is 5.88. The molecule has 0 aliphatic heterocycles. The van der Waals surface area contributed by atoms with Crippen molar-refractivity contribution in [2.75, 3.05) is 27.3 Å². The maximum Gasteiger partial charge on any atom is 0.490 e. The summed E-state index contributed by atoms with van der Waals surface area (Å²) in [6.07, 6.45) is -3.16. The normalized spacial score (nSPS) is 10.7. The molecule has 11 heteroatoms. The zero-order valence-corrected chi connectivity index (χ0v) is 22.4. The van der Waals surface area contributed by atoms with Crippen LogP contribution in [0.3, 0.4) is 0 Å². The highest BCUT2D eigenvalue weighted by Gasteiger charge is 2.40. The zero-order valence-electron chi connectivity index (χ0n) is 21.5. The highest BCUT2D eigenvalue weighted by molar-refractivity contribution is 7.80. The molecule has 0 heterocycles. The van der Waals surface area contributed by atoms with Gasteiger partial charge in [0.05, 0.1) is 19.8 Å². The lowest BCUT2D eigenvalue weighted by atomic mass is 10.1. The van der Waals surface area contributed by atoms with Gasteiger partial charge in [-0.2, -0.15) is 13.2 Å². The minimum absolute atomic E-state index is 0.161. The Hall–Kier alpha value is -3.75. The fourth-order valence-electron chi connectivity index (χ4n) is 3.41. The number of methoxy groups -OCH3 is 2. The zero-order chi connectivity index (χ0) is 28.8. The van der Waals surface area contributed by atoms with Gasteiger partial charge in [-0.1, -0.05) is 60.7 Å². The number of esters is 2. The minimum Gasteiger partial charge on any atom is -0.465 e. The summed E-state index contributed by atoms with van der Waals surface area (Å²) in [5.41, 5.74) is 6.52. The molecule has 0 radical (unpaired) electrons. The van der Waals surface area contributed by atoms with Crippen molar-refractivity contribution in [1.82, 2.24) is 5.32 Å². The SMILES string of the molecule is COC(=O)C(F)(F)F.COC(=O)c1ccc(C(=O)NCCCCN)cc1P(c1ccccc1)c1ccccc1. The standard InChI is InChI=1S/C25H27N2O3P.C3H3F3O2/c1-30-25(29)22-15-14-19(24(28)27-17-9-8-16-26)18-23(22)31(20-10-4-2-5-11-20)21-12-6-3-7-13-21;1-8-2(7)3(4,5)6/h2-7,10-15,18H,8-9,16-17,26H2,1H3,(H,27,28);1H3.